The molecule has 0 fully saturated rings. The number of pyridine rings is 4. The second-order valence-electron chi connectivity index (χ2n) is 11.9. The molecule has 0 atom stereocenters. The van der Waals surface area contributed by atoms with E-state index in [1.807, 2.05) is 22.9 Å². The Bertz CT molecular complexity index is 1970. The summed E-state index contributed by atoms with van der Waals surface area (Å²) in [5.41, 5.74) is 2.47. The Morgan fingerprint density at radius 2 is 1.12 bits per heavy atom. The Kier molecular flexibility index (Phi) is 19.7. The average molecular weight is 956 g/mol. The molecule has 0 aromatic carbocycles. The van der Waals surface area contributed by atoms with Gasteiger partial charge in [0.25, 0.3) is 11.1 Å². The zero-order chi connectivity index (χ0) is 37.6. The Morgan fingerprint density at radius 3 is 1.58 bits per heavy atom. The van der Waals surface area contributed by atoms with Gasteiger partial charge in [0.05, 0.1) is 11.4 Å². The van der Waals surface area contributed by atoms with Gasteiger partial charge in [-0.1, -0.05) is 0 Å². The molecule has 0 aliphatic carbocycles. The summed E-state index contributed by atoms with van der Waals surface area (Å²) in [6.07, 6.45) is 22.4. The van der Waals surface area contributed by atoms with Crippen molar-refractivity contribution in [2.75, 3.05) is 0 Å². The van der Waals surface area contributed by atoms with E-state index in [2.05, 4.69) is 63.7 Å². The van der Waals surface area contributed by atoms with Crippen molar-refractivity contribution in [1.29, 1.82) is 10.8 Å². The molecule has 0 amide bonds. The molecular formula is C38H45IN8O2S2Sn. The van der Waals surface area contributed by atoms with Crippen molar-refractivity contribution >= 4 is 66.7 Å². The molecule has 0 aliphatic rings. The number of aromatic nitrogens is 6. The Hall–Kier alpha value is -3.59. The molecule has 52 heavy (non-hydrogen) atoms. The van der Waals surface area contributed by atoms with Gasteiger partial charge in [0, 0.05) is 80.8 Å². The van der Waals surface area contributed by atoms with Crippen LogP contribution in [0.2, 0.25) is 13.3 Å². The molecule has 6 aromatic heterocycles. The van der Waals surface area contributed by atoms with Gasteiger partial charge in [-0.3, -0.25) is 28.7 Å². The van der Waals surface area contributed by atoms with Gasteiger partial charge in [0.15, 0.2) is 0 Å². The standard InChI is InChI=1S/C13H9N3OS.C10H7IN2O.3C4H9.C3H2NS.N2.Sn/c17-12-2-1-10(13-15-7-8-18-13)9-16(12)11-3-5-14-6-4-11;11-8-1-2-10(14)13(7-8)9-3-5-12-6-4-9;3*1-3-4-2;1-2-5-3-4-1;1-2;/h1-9H;1-7H;3*1,3-4H2,2H3;1-2H;;. The van der Waals surface area contributed by atoms with Gasteiger partial charge in [-0.15, -0.1) is 11.3 Å². The van der Waals surface area contributed by atoms with E-state index in [9.17, 15) is 9.59 Å². The van der Waals surface area contributed by atoms with E-state index in [4.69, 9.17) is 15.8 Å². The molecule has 0 saturated carbocycles. The van der Waals surface area contributed by atoms with Crippen LogP contribution in [0.15, 0.2) is 118 Å². The summed E-state index contributed by atoms with van der Waals surface area (Å²) in [6, 6.07) is 13.9. The second kappa shape index (κ2) is 23.9. The van der Waals surface area contributed by atoms with Crippen molar-refractivity contribution in [2.45, 2.75) is 72.6 Å². The Labute approximate surface area is 331 Å². The van der Waals surface area contributed by atoms with Crippen molar-refractivity contribution in [2.24, 2.45) is 0 Å². The summed E-state index contributed by atoms with van der Waals surface area (Å²) in [5, 5.41) is 17.0. The number of rotatable bonds is 13. The van der Waals surface area contributed by atoms with E-state index in [0.29, 0.717) is 0 Å². The molecule has 0 unspecified atom stereocenters. The third-order valence-electron chi connectivity index (χ3n) is 8.26. The molecule has 0 aliphatic heterocycles. The maximum atomic E-state index is 11.9. The summed E-state index contributed by atoms with van der Waals surface area (Å²) in [6.45, 7) is 6.99. The first-order valence-electron chi connectivity index (χ1n) is 17.3. The molecule has 0 radical (unpaired) electrons. The van der Waals surface area contributed by atoms with Gasteiger partial charge in [0.2, 0.25) is 0 Å². The van der Waals surface area contributed by atoms with E-state index in [0.717, 1.165) is 25.5 Å². The monoisotopic (exact) mass is 956 g/mol. The molecule has 6 rings (SSSR count). The minimum absolute atomic E-state index is 0.0309. The summed E-state index contributed by atoms with van der Waals surface area (Å²) in [7, 11) is 0. The number of thiazole rings is 2. The van der Waals surface area contributed by atoms with Crippen LogP contribution in [0.1, 0.15) is 59.3 Å². The smallest absolute Gasteiger partial charge is 0.255 e. The van der Waals surface area contributed by atoms with Crippen molar-refractivity contribution in [3.05, 3.63) is 133 Å². The third-order valence-corrected chi connectivity index (χ3v) is 28.4. The van der Waals surface area contributed by atoms with Crippen LogP contribution in [0.25, 0.3) is 21.9 Å². The van der Waals surface area contributed by atoms with Crippen LogP contribution < -0.4 is 14.1 Å². The van der Waals surface area contributed by atoms with Crippen molar-refractivity contribution in [1.82, 2.24) is 29.1 Å². The van der Waals surface area contributed by atoms with Crippen LogP contribution in [0.3, 0.4) is 0 Å². The van der Waals surface area contributed by atoms with Crippen LogP contribution in [-0.4, -0.2) is 47.4 Å². The van der Waals surface area contributed by atoms with E-state index in [1.54, 1.807) is 129 Å². The topological polar surface area (TPSA) is 143 Å². The van der Waals surface area contributed by atoms with E-state index < -0.39 is 18.4 Å². The van der Waals surface area contributed by atoms with E-state index in [1.165, 1.54) is 38.5 Å². The molecule has 14 heteroatoms. The van der Waals surface area contributed by atoms with Crippen LogP contribution >= 0.6 is 45.3 Å². The molecule has 0 saturated heterocycles. The first-order chi connectivity index (χ1) is 25.4. The predicted octanol–water partition coefficient (Wildman–Crippen LogP) is 9.42. The third kappa shape index (κ3) is 13.1. The summed E-state index contributed by atoms with van der Waals surface area (Å²) in [4.78, 5) is 40.2. The second-order valence-corrected chi connectivity index (χ2v) is 28.9. The molecule has 10 nitrogen and oxygen atoms in total. The van der Waals surface area contributed by atoms with Gasteiger partial charge in [-0.05, 0) is 59.0 Å². The average Bonchev–Trinajstić information content (AvgIpc) is 3.95. The Balaban J connectivity index is 0.000000207. The van der Waals surface area contributed by atoms with Crippen LogP contribution in [-0.2, 0) is 0 Å². The van der Waals surface area contributed by atoms with Gasteiger partial charge in [-0.25, -0.2) is 4.98 Å². The maximum Gasteiger partial charge on any atom is 0.255 e. The van der Waals surface area contributed by atoms with Gasteiger partial charge >= 0.3 is 122 Å². The van der Waals surface area contributed by atoms with Gasteiger partial charge in [0.1, 0.15) is 5.01 Å². The normalized spacial score (nSPS) is 10.5. The summed E-state index contributed by atoms with van der Waals surface area (Å²) in [5.74, 6) is 0. The van der Waals surface area contributed by atoms with Crippen molar-refractivity contribution in [3.63, 3.8) is 0 Å². The van der Waals surface area contributed by atoms with Crippen LogP contribution in [0.5, 0.6) is 0 Å². The predicted molar refractivity (Wildman–Crippen MR) is 224 cm³/mol. The van der Waals surface area contributed by atoms with Crippen molar-refractivity contribution in [3.8, 4) is 21.9 Å². The molecule has 0 N–H and O–H groups in total. The molecule has 272 valence electrons. The SMILES string of the molecule is CCC[CH2][Sn]([CH2]CCC)([CH2]CCC)[c]1nccs1.N#N.O=c1ccc(-c2nccs2)cn1-c1ccncc1.O=c1ccc(I)cn1-c1ccncc1. The number of hydrogen-bond donors (Lipinski definition) is 0. The van der Waals surface area contributed by atoms with Crippen LogP contribution in [0, 0.1) is 14.4 Å². The zero-order valence-corrected chi connectivity index (χ0v) is 36.5. The molecule has 0 spiro atoms. The number of halogens is 1. The number of nitrogens with zero attached hydrogens (tertiary/aromatic N) is 8. The first-order valence-corrected chi connectivity index (χ1v) is 27.6. The van der Waals surface area contributed by atoms with E-state index in [-0.39, 0.29) is 11.1 Å². The fourth-order valence-corrected chi connectivity index (χ4v) is 25.9. The van der Waals surface area contributed by atoms with E-state index >= 15 is 0 Å². The first kappa shape index (κ1) is 42.8. The fourth-order valence-electron chi connectivity index (χ4n) is 5.58. The molecule has 6 aromatic rings. The molecule has 0 bridgehead atoms. The van der Waals surface area contributed by atoms with Gasteiger partial charge < -0.3 is 0 Å². The zero-order valence-electron chi connectivity index (χ0n) is 29.8. The largest absolute Gasteiger partial charge is 0.284 e. The number of unbranched alkanes of at least 4 members (excludes halogenated alkanes) is 3. The minimum Gasteiger partial charge on any atom is -0.284 e. The molecular weight excluding hydrogens is 910 g/mol. The van der Waals surface area contributed by atoms with Crippen molar-refractivity contribution < 1.29 is 0 Å². The minimum atomic E-state index is -2.12. The summed E-state index contributed by atoms with van der Waals surface area (Å²) < 4.78 is 10.5. The van der Waals surface area contributed by atoms with Crippen LogP contribution in [0.4, 0.5) is 0 Å². The maximum absolute atomic E-state index is 11.9. The Morgan fingerprint density at radius 1 is 0.635 bits per heavy atom. The summed E-state index contributed by atoms with van der Waals surface area (Å²) >= 11 is 3.56. The molecule has 6 heterocycles. The van der Waals surface area contributed by atoms with Gasteiger partial charge in [-0.2, -0.15) is 0 Å². The fraction of sp³-hybridized carbons (Fsp3) is 0.316. The number of hydrogen-bond acceptors (Lipinski definition) is 10. The quantitative estimate of drug-likeness (QED) is 0.0633.